The van der Waals surface area contributed by atoms with Crippen molar-refractivity contribution in [2.45, 2.75) is 19.9 Å². The van der Waals surface area contributed by atoms with E-state index in [1.54, 1.807) is 11.3 Å². The normalized spacial score (nSPS) is 10.6. The molecule has 0 radical (unpaired) electrons. The molecule has 5 heteroatoms. The van der Waals surface area contributed by atoms with Gasteiger partial charge in [-0.15, -0.1) is 16.4 Å². The SMILES string of the molecule is CCc1c(N)nnn1Cc1cccs1. The van der Waals surface area contributed by atoms with Gasteiger partial charge in [-0.25, -0.2) is 4.68 Å². The van der Waals surface area contributed by atoms with Gasteiger partial charge in [0.25, 0.3) is 0 Å². The number of hydrogen-bond acceptors (Lipinski definition) is 4. The van der Waals surface area contributed by atoms with Crippen LogP contribution in [0.5, 0.6) is 0 Å². The molecule has 2 rings (SSSR count). The molecule has 74 valence electrons. The minimum Gasteiger partial charge on any atom is -0.381 e. The fourth-order valence-corrected chi connectivity index (χ4v) is 2.07. The van der Waals surface area contributed by atoms with Crippen LogP contribution in [0.4, 0.5) is 5.82 Å². The van der Waals surface area contributed by atoms with Gasteiger partial charge in [0, 0.05) is 4.88 Å². The van der Waals surface area contributed by atoms with Crippen molar-refractivity contribution in [2.24, 2.45) is 0 Å². The van der Waals surface area contributed by atoms with E-state index >= 15 is 0 Å². The van der Waals surface area contributed by atoms with Crippen molar-refractivity contribution in [1.29, 1.82) is 0 Å². The first-order chi connectivity index (χ1) is 6.81. The molecule has 0 unspecified atom stereocenters. The second-order valence-corrected chi connectivity index (χ2v) is 4.04. The molecule has 0 amide bonds. The van der Waals surface area contributed by atoms with Crippen LogP contribution >= 0.6 is 11.3 Å². The van der Waals surface area contributed by atoms with Crippen molar-refractivity contribution in [3.05, 3.63) is 28.1 Å². The predicted molar refractivity (Wildman–Crippen MR) is 57.2 cm³/mol. The molecule has 0 aliphatic heterocycles. The van der Waals surface area contributed by atoms with Gasteiger partial charge in [-0.3, -0.25) is 0 Å². The Bertz CT molecular complexity index is 404. The molecule has 0 aliphatic carbocycles. The Morgan fingerprint density at radius 2 is 2.43 bits per heavy atom. The molecule has 0 fully saturated rings. The molecule has 0 atom stereocenters. The van der Waals surface area contributed by atoms with Crippen LogP contribution in [0.1, 0.15) is 17.5 Å². The summed E-state index contributed by atoms with van der Waals surface area (Å²) in [4.78, 5) is 1.27. The maximum Gasteiger partial charge on any atom is 0.169 e. The van der Waals surface area contributed by atoms with E-state index in [0.29, 0.717) is 5.82 Å². The first kappa shape index (κ1) is 9.21. The maximum absolute atomic E-state index is 5.69. The molecule has 2 N–H and O–H groups in total. The number of nitrogens with zero attached hydrogens (tertiary/aromatic N) is 3. The number of nitrogens with two attached hydrogens (primary N) is 1. The second-order valence-electron chi connectivity index (χ2n) is 3.01. The van der Waals surface area contributed by atoms with Crippen LogP contribution in [-0.4, -0.2) is 15.0 Å². The van der Waals surface area contributed by atoms with Crippen LogP contribution in [0.25, 0.3) is 0 Å². The van der Waals surface area contributed by atoms with Crippen LogP contribution in [0.2, 0.25) is 0 Å². The highest BCUT2D eigenvalue weighted by Crippen LogP contribution is 2.14. The van der Waals surface area contributed by atoms with E-state index in [4.69, 9.17) is 5.73 Å². The van der Waals surface area contributed by atoms with Crippen LogP contribution in [0, 0.1) is 0 Å². The largest absolute Gasteiger partial charge is 0.381 e. The highest BCUT2D eigenvalue weighted by Gasteiger charge is 2.08. The van der Waals surface area contributed by atoms with Gasteiger partial charge in [-0.1, -0.05) is 18.2 Å². The number of rotatable bonds is 3. The van der Waals surface area contributed by atoms with Crippen LogP contribution < -0.4 is 5.73 Å². The molecule has 2 aromatic heterocycles. The lowest BCUT2D eigenvalue weighted by Gasteiger charge is -2.02. The predicted octanol–water partition coefficient (Wildman–Crippen LogP) is 1.53. The van der Waals surface area contributed by atoms with E-state index in [0.717, 1.165) is 18.7 Å². The van der Waals surface area contributed by atoms with Gasteiger partial charge < -0.3 is 5.73 Å². The smallest absolute Gasteiger partial charge is 0.169 e. The van der Waals surface area contributed by atoms with Gasteiger partial charge in [-0.05, 0) is 17.9 Å². The highest BCUT2D eigenvalue weighted by molar-refractivity contribution is 7.09. The van der Waals surface area contributed by atoms with Crippen LogP contribution in [-0.2, 0) is 13.0 Å². The lowest BCUT2D eigenvalue weighted by molar-refractivity contribution is 0.627. The monoisotopic (exact) mass is 208 g/mol. The van der Waals surface area contributed by atoms with Gasteiger partial charge in [-0.2, -0.15) is 0 Å². The molecule has 0 bridgehead atoms. The summed E-state index contributed by atoms with van der Waals surface area (Å²) in [6, 6.07) is 4.12. The fourth-order valence-electron chi connectivity index (χ4n) is 1.39. The zero-order valence-electron chi connectivity index (χ0n) is 7.97. The number of thiophene rings is 1. The Kier molecular flexibility index (Phi) is 2.49. The molecule has 14 heavy (non-hydrogen) atoms. The molecule has 4 nitrogen and oxygen atoms in total. The van der Waals surface area contributed by atoms with Crippen molar-refractivity contribution in [1.82, 2.24) is 15.0 Å². The fraction of sp³-hybridized carbons (Fsp3) is 0.333. The van der Waals surface area contributed by atoms with Crippen molar-refractivity contribution < 1.29 is 0 Å². The summed E-state index contributed by atoms with van der Waals surface area (Å²) in [5.41, 5.74) is 6.70. The molecule has 2 aromatic rings. The summed E-state index contributed by atoms with van der Waals surface area (Å²) in [6.45, 7) is 2.82. The minimum absolute atomic E-state index is 0.545. The van der Waals surface area contributed by atoms with E-state index in [1.165, 1.54) is 4.88 Å². The van der Waals surface area contributed by atoms with Crippen molar-refractivity contribution >= 4 is 17.2 Å². The van der Waals surface area contributed by atoms with Crippen molar-refractivity contribution in [2.75, 3.05) is 5.73 Å². The molecule has 0 spiro atoms. The van der Waals surface area contributed by atoms with Crippen molar-refractivity contribution in [3.63, 3.8) is 0 Å². The topological polar surface area (TPSA) is 56.7 Å². The Balaban J connectivity index is 2.25. The maximum atomic E-state index is 5.69. The first-order valence-corrected chi connectivity index (χ1v) is 5.39. The molecule has 0 aromatic carbocycles. The molecule has 2 heterocycles. The zero-order valence-corrected chi connectivity index (χ0v) is 8.79. The quantitative estimate of drug-likeness (QED) is 0.832. The van der Waals surface area contributed by atoms with Gasteiger partial charge in [0.1, 0.15) is 0 Å². The molecular weight excluding hydrogens is 196 g/mol. The summed E-state index contributed by atoms with van der Waals surface area (Å²) >= 11 is 1.72. The molecule has 0 saturated heterocycles. The third-order valence-corrected chi connectivity index (χ3v) is 2.95. The molecular formula is C9H12N4S. The van der Waals surface area contributed by atoms with E-state index in [2.05, 4.69) is 28.7 Å². The number of anilines is 1. The summed E-state index contributed by atoms with van der Waals surface area (Å²) in [7, 11) is 0. The lowest BCUT2D eigenvalue weighted by Crippen LogP contribution is -2.05. The van der Waals surface area contributed by atoms with Gasteiger partial charge in [0.05, 0.1) is 12.2 Å². The van der Waals surface area contributed by atoms with Crippen molar-refractivity contribution in [3.8, 4) is 0 Å². The first-order valence-electron chi connectivity index (χ1n) is 4.51. The average Bonchev–Trinajstić information content (AvgIpc) is 2.77. The van der Waals surface area contributed by atoms with Crippen LogP contribution in [0.15, 0.2) is 17.5 Å². The second kappa shape index (κ2) is 3.79. The van der Waals surface area contributed by atoms with Gasteiger partial charge in [0.15, 0.2) is 5.82 Å². The van der Waals surface area contributed by atoms with E-state index < -0.39 is 0 Å². The third kappa shape index (κ3) is 1.63. The lowest BCUT2D eigenvalue weighted by atomic mass is 10.3. The third-order valence-electron chi connectivity index (χ3n) is 2.09. The Hall–Kier alpha value is -1.36. The van der Waals surface area contributed by atoms with E-state index in [-0.39, 0.29) is 0 Å². The Morgan fingerprint density at radius 3 is 3.07 bits per heavy atom. The molecule has 0 aliphatic rings. The summed E-state index contributed by atoms with van der Waals surface area (Å²) in [5, 5.41) is 9.93. The zero-order chi connectivity index (χ0) is 9.97. The Morgan fingerprint density at radius 1 is 1.57 bits per heavy atom. The summed E-state index contributed by atoms with van der Waals surface area (Å²) in [6.07, 6.45) is 0.865. The summed E-state index contributed by atoms with van der Waals surface area (Å²) in [5.74, 6) is 0.545. The molecule has 0 saturated carbocycles. The van der Waals surface area contributed by atoms with Gasteiger partial charge >= 0.3 is 0 Å². The average molecular weight is 208 g/mol. The van der Waals surface area contributed by atoms with E-state index in [1.807, 2.05) is 10.7 Å². The van der Waals surface area contributed by atoms with Crippen LogP contribution in [0.3, 0.4) is 0 Å². The highest BCUT2D eigenvalue weighted by atomic mass is 32.1. The van der Waals surface area contributed by atoms with Gasteiger partial charge in [0.2, 0.25) is 0 Å². The minimum atomic E-state index is 0.545. The Labute approximate surface area is 86.4 Å². The van der Waals surface area contributed by atoms with E-state index in [9.17, 15) is 0 Å². The number of aromatic nitrogens is 3. The standard InChI is InChI=1S/C9H12N4S/c1-2-8-9(10)11-12-13(8)6-7-4-3-5-14-7/h3-5H,2,6,10H2,1H3. The summed E-state index contributed by atoms with van der Waals surface area (Å²) < 4.78 is 1.86. The number of hydrogen-bond donors (Lipinski definition) is 1. The number of nitrogen functional groups attached to an aromatic ring is 1.